The summed E-state index contributed by atoms with van der Waals surface area (Å²) in [4.78, 5) is 11.7. The second-order valence-corrected chi connectivity index (χ2v) is 4.36. The first kappa shape index (κ1) is 13.3. The van der Waals surface area contributed by atoms with Gasteiger partial charge >= 0.3 is 0 Å². The number of nitriles is 1. The van der Waals surface area contributed by atoms with Crippen molar-refractivity contribution in [3.05, 3.63) is 39.6 Å². The first-order valence-electron chi connectivity index (χ1n) is 4.83. The number of hydrogen-bond donors (Lipinski definition) is 2. The number of nitrogens with one attached hydrogen (secondary N) is 1. The van der Waals surface area contributed by atoms with Crippen molar-refractivity contribution in [3.8, 4) is 6.07 Å². The SMILES string of the molecule is C/C(O)=C(\C#N)C(=O)Nc1cc(C)ccc1Br. The summed E-state index contributed by atoms with van der Waals surface area (Å²) in [6, 6.07) is 7.11. The van der Waals surface area contributed by atoms with Gasteiger partial charge in [0.25, 0.3) is 5.91 Å². The van der Waals surface area contributed by atoms with E-state index in [1.54, 1.807) is 18.2 Å². The van der Waals surface area contributed by atoms with Gasteiger partial charge in [-0.2, -0.15) is 5.26 Å². The molecule has 0 aromatic heterocycles. The van der Waals surface area contributed by atoms with E-state index in [0.717, 1.165) is 5.56 Å². The predicted molar refractivity (Wildman–Crippen MR) is 68.5 cm³/mol. The van der Waals surface area contributed by atoms with Crippen LogP contribution in [0.15, 0.2) is 34.0 Å². The minimum atomic E-state index is -0.626. The average Bonchev–Trinajstić information content (AvgIpc) is 2.24. The third-order valence-electron chi connectivity index (χ3n) is 2.07. The van der Waals surface area contributed by atoms with E-state index in [-0.39, 0.29) is 11.3 Å². The van der Waals surface area contributed by atoms with Crippen LogP contribution < -0.4 is 5.32 Å². The van der Waals surface area contributed by atoms with E-state index in [0.29, 0.717) is 10.2 Å². The highest BCUT2D eigenvalue weighted by Crippen LogP contribution is 2.23. The third kappa shape index (κ3) is 3.33. The molecule has 0 bridgehead atoms. The Labute approximate surface area is 108 Å². The van der Waals surface area contributed by atoms with E-state index in [1.165, 1.54) is 6.92 Å². The number of hydrogen-bond acceptors (Lipinski definition) is 3. The molecule has 1 amide bonds. The highest BCUT2D eigenvalue weighted by Gasteiger charge is 2.13. The van der Waals surface area contributed by atoms with Gasteiger partial charge in [-0.05, 0) is 47.5 Å². The molecule has 1 aromatic rings. The average molecular weight is 295 g/mol. The van der Waals surface area contributed by atoms with Gasteiger partial charge in [0.2, 0.25) is 0 Å². The van der Waals surface area contributed by atoms with Crippen LogP contribution in [0, 0.1) is 18.3 Å². The number of amides is 1. The Balaban J connectivity index is 3.01. The Morgan fingerprint density at radius 1 is 1.53 bits per heavy atom. The Morgan fingerprint density at radius 2 is 2.18 bits per heavy atom. The molecule has 1 aromatic carbocycles. The highest BCUT2D eigenvalue weighted by atomic mass is 79.9. The molecule has 2 N–H and O–H groups in total. The van der Waals surface area contributed by atoms with Crippen molar-refractivity contribution in [1.82, 2.24) is 0 Å². The molecule has 88 valence electrons. The van der Waals surface area contributed by atoms with Crippen molar-refractivity contribution >= 4 is 27.5 Å². The Hall–Kier alpha value is -1.80. The summed E-state index contributed by atoms with van der Waals surface area (Å²) >= 11 is 3.29. The quantitative estimate of drug-likeness (QED) is 0.500. The predicted octanol–water partition coefficient (Wildman–Crippen LogP) is 3.05. The molecule has 0 atom stereocenters. The van der Waals surface area contributed by atoms with E-state index < -0.39 is 5.91 Å². The van der Waals surface area contributed by atoms with Crippen LogP contribution in [-0.2, 0) is 4.79 Å². The Bertz CT molecular complexity index is 526. The summed E-state index contributed by atoms with van der Waals surface area (Å²) in [6.07, 6.45) is 0. The first-order valence-corrected chi connectivity index (χ1v) is 5.62. The smallest absolute Gasteiger partial charge is 0.269 e. The summed E-state index contributed by atoms with van der Waals surface area (Å²) in [5.74, 6) is -0.924. The lowest BCUT2D eigenvalue weighted by atomic mass is 10.2. The number of carbonyl (C=O) groups is 1. The van der Waals surface area contributed by atoms with Crippen LogP contribution in [0.5, 0.6) is 0 Å². The minimum absolute atomic E-state index is 0.293. The van der Waals surface area contributed by atoms with Crippen LogP contribution in [0.3, 0.4) is 0 Å². The monoisotopic (exact) mass is 294 g/mol. The standard InChI is InChI=1S/C12H11BrN2O2/c1-7-3-4-10(13)11(5-7)15-12(17)9(6-14)8(2)16/h3-5,16H,1-2H3,(H,15,17)/b9-8-. The number of halogens is 1. The molecule has 0 aliphatic carbocycles. The number of anilines is 1. The molecule has 0 fully saturated rings. The van der Waals surface area contributed by atoms with Crippen LogP contribution in [0.4, 0.5) is 5.69 Å². The molecule has 0 aliphatic rings. The van der Waals surface area contributed by atoms with Crippen molar-refractivity contribution in [3.63, 3.8) is 0 Å². The topological polar surface area (TPSA) is 73.1 Å². The maximum atomic E-state index is 11.7. The van der Waals surface area contributed by atoms with Crippen LogP contribution in [0.25, 0.3) is 0 Å². The van der Waals surface area contributed by atoms with Crippen molar-refractivity contribution in [1.29, 1.82) is 5.26 Å². The largest absolute Gasteiger partial charge is 0.511 e. The molecule has 5 heteroatoms. The zero-order valence-electron chi connectivity index (χ0n) is 9.41. The first-order chi connectivity index (χ1) is 7.95. The fourth-order valence-electron chi connectivity index (χ4n) is 1.22. The van der Waals surface area contributed by atoms with Crippen molar-refractivity contribution in [2.24, 2.45) is 0 Å². The summed E-state index contributed by atoms with van der Waals surface area (Å²) in [6.45, 7) is 3.18. The number of aryl methyl sites for hydroxylation is 1. The van der Waals surface area contributed by atoms with Crippen LogP contribution in [0.1, 0.15) is 12.5 Å². The van der Waals surface area contributed by atoms with Gasteiger partial charge in [-0.1, -0.05) is 6.07 Å². The van der Waals surface area contributed by atoms with Crippen LogP contribution in [-0.4, -0.2) is 11.0 Å². The van der Waals surface area contributed by atoms with Crippen molar-refractivity contribution in [2.75, 3.05) is 5.32 Å². The second kappa shape index (κ2) is 5.51. The summed E-state index contributed by atoms with van der Waals surface area (Å²) < 4.78 is 0.712. The third-order valence-corrected chi connectivity index (χ3v) is 2.76. The van der Waals surface area contributed by atoms with Crippen molar-refractivity contribution in [2.45, 2.75) is 13.8 Å². The fraction of sp³-hybridized carbons (Fsp3) is 0.167. The molecule has 0 saturated heterocycles. The molecule has 0 radical (unpaired) electrons. The van der Waals surface area contributed by atoms with Gasteiger partial charge in [-0.15, -0.1) is 0 Å². The molecular weight excluding hydrogens is 284 g/mol. The van der Waals surface area contributed by atoms with Gasteiger partial charge in [0.05, 0.1) is 5.69 Å². The molecule has 0 saturated carbocycles. The lowest BCUT2D eigenvalue weighted by Crippen LogP contribution is -2.15. The fourth-order valence-corrected chi connectivity index (χ4v) is 1.56. The highest BCUT2D eigenvalue weighted by molar-refractivity contribution is 9.10. The van der Waals surface area contributed by atoms with Gasteiger partial charge in [-0.25, -0.2) is 0 Å². The van der Waals surface area contributed by atoms with E-state index in [4.69, 9.17) is 10.4 Å². The Morgan fingerprint density at radius 3 is 2.71 bits per heavy atom. The van der Waals surface area contributed by atoms with Gasteiger partial charge in [0.1, 0.15) is 11.8 Å². The van der Waals surface area contributed by atoms with Crippen molar-refractivity contribution < 1.29 is 9.90 Å². The summed E-state index contributed by atoms with van der Waals surface area (Å²) in [7, 11) is 0. The van der Waals surface area contributed by atoms with Gasteiger partial charge in [0, 0.05) is 4.47 Å². The molecule has 1 rings (SSSR count). The molecule has 0 unspecified atom stereocenters. The zero-order chi connectivity index (χ0) is 13.0. The van der Waals surface area contributed by atoms with Gasteiger partial charge in [-0.3, -0.25) is 4.79 Å². The van der Waals surface area contributed by atoms with Crippen LogP contribution in [0.2, 0.25) is 0 Å². The maximum Gasteiger partial charge on any atom is 0.269 e. The minimum Gasteiger partial charge on any atom is -0.511 e. The number of aliphatic hydroxyl groups excluding tert-OH is 1. The van der Waals surface area contributed by atoms with E-state index in [1.807, 2.05) is 13.0 Å². The molecule has 0 aliphatic heterocycles. The number of allylic oxidation sites excluding steroid dienone is 1. The number of rotatable bonds is 2. The molecular formula is C12H11BrN2O2. The van der Waals surface area contributed by atoms with E-state index in [2.05, 4.69) is 21.2 Å². The molecule has 0 heterocycles. The van der Waals surface area contributed by atoms with E-state index in [9.17, 15) is 4.79 Å². The van der Waals surface area contributed by atoms with E-state index >= 15 is 0 Å². The zero-order valence-corrected chi connectivity index (χ0v) is 11.0. The normalized spacial score (nSPS) is 11.4. The molecule has 17 heavy (non-hydrogen) atoms. The molecule has 0 spiro atoms. The second-order valence-electron chi connectivity index (χ2n) is 3.51. The Kier molecular flexibility index (Phi) is 4.30. The lowest BCUT2D eigenvalue weighted by Gasteiger charge is -2.07. The number of carbonyl (C=O) groups excluding carboxylic acids is 1. The summed E-state index contributed by atoms with van der Waals surface area (Å²) in [5.41, 5.74) is 1.24. The van der Waals surface area contributed by atoms with Crippen LogP contribution >= 0.6 is 15.9 Å². The maximum absolute atomic E-state index is 11.7. The number of nitrogens with zero attached hydrogens (tertiary/aromatic N) is 1. The number of benzene rings is 1. The number of aliphatic hydroxyl groups is 1. The van der Waals surface area contributed by atoms with Gasteiger partial charge < -0.3 is 10.4 Å². The summed E-state index contributed by atoms with van der Waals surface area (Å²) in [5, 5.41) is 20.5. The molecule has 4 nitrogen and oxygen atoms in total. The van der Waals surface area contributed by atoms with Gasteiger partial charge in [0.15, 0.2) is 5.57 Å². The lowest BCUT2D eigenvalue weighted by molar-refractivity contribution is -0.112.